The number of hydrogen-bond acceptors (Lipinski definition) is 0. The summed E-state index contributed by atoms with van der Waals surface area (Å²) in [5, 5.41) is 0. The zero-order valence-corrected chi connectivity index (χ0v) is 26.6. The lowest BCUT2D eigenvalue weighted by atomic mass is 9.67. The topological polar surface area (TPSA) is 0 Å². The van der Waals surface area contributed by atoms with Gasteiger partial charge >= 0.3 is 0 Å². The van der Waals surface area contributed by atoms with Crippen LogP contribution < -0.4 is 0 Å². The van der Waals surface area contributed by atoms with Crippen LogP contribution in [0.1, 0.15) is 38.9 Å². The van der Waals surface area contributed by atoms with Gasteiger partial charge in [-0.2, -0.15) is 0 Å². The maximum absolute atomic E-state index is 2.36. The number of fused-ring (bicyclic) bond motifs is 3. The van der Waals surface area contributed by atoms with Gasteiger partial charge in [-0.3, -0.25) is 0 Å². The van der Waals surface area contributed by atoms with Gasteiger partial charge in [-0.25, -0.2) is 0 Å². The van der Waals surface area contributed by atoms with Crippen molar-refractivity contribution in [2.24, 2.45) is 0 Å². The highest BCUT2D eigenvalue weighted by Gasteiger charge is 2.45. The number of benzene rings is 7. The van der Waals surface area contributed by atoms with Crippen molar-refractivity contribution in [3.05, 3.63) is 203 Å². The van der Waals surface area contributed by atoms with E-state index in [0.717, 1.165) is 0 Å². The minimum Gasteiger partial charge on any atom is -0.0622 e. The molecule has 0 heterocycles. The van der Waals surface area contributed by atoms with Crippen molar-refractivity contribution in [1.29, 1.82) is 0 Å². The van der Waals surface area contributed by atoms with E-state index in [1.165, 1.54) is 83.5 Å². The van der Waals surface area contributed by atoms with Crippen LogP contribution in [-0.2, 0) is 5.41 Å². The van der Waals surface area contributed by atoms with Crippen LogP contribution in [0.2, 0.25) is 0 Å². The summed E-state index contributed by atoms with van der Waals surface area (Å²) in [5.41, 5.74) is 19.0. The quantitative estimate of drug-likeness (QED) is 0.188. The Hall–Kier alpha value is -5.46. The Morgan fingerprint density at radius 3 is 1.54 bits per heavy atom. The third-order valence-corrected chi connectivity index (χ3v) is 10.0. The van der Waals surface area contributed by atoms with Crippen molar-refractivity contribution in [1.82, 2.24) is 0 Å². The molecule has 220 valence electrons. The van der Waals surface area contributed by atoms with E-state index in [1.54, 1.807) is 0 Å². The fourth-order valence-electron chi connectivity index (χ4n) is 7.69. The molecule has 0 aromatic heterocycles. The number of aryl methyl sites for hydroxylation is 2. The minimum absolute atomic E-state index is 0.378. The lowest BCUT2D eigenvalue weighted by Crippen LogP contribution is -2.28. The van der Waals surface area contributed by atoms with E-state index in [-0.39, 0.29) is 5.41 Å². The standard InChI is InChI=1S/C46H36/c1-31-20-23-34(24-21-31)36-25-22-32(2)43(30-36)40-17-11-16-39(33(40)3)35-26-28-38(29-27-35)46(37-12-5-4-6-13-37)44-18-9-7-14-41(44)42-15-8-10-19-45(42)46/h4-30H,1-3H3. The van der Waals surface area contributed by atoms with E-state index in [0.29, 0.717) is 0 Å². The van der Waals surface area contributed by atoms with E-state index < -0.39 is 0 Å². The van der Waals surface area contributed by atoms with Gasteiger partial charge in [-0.15, -0.1) is 0 Å². The lowest BCUT2D eigenvalue weighted by molar-refractivity contribution is 0.768. The van der Waals surface area contributed by atoms with Gasteiger partial charge in [0.2, 0.25) is 0 Å². The van der Waals surface area contributed by atoms with E-state index in [4.69, 9.17) is 0 Å². The van der Waals surface area contributed by atoms with Crippen molar-refractivity contribution >= 4 is 0 Å². The third-order valence-electron chi connectivity index (χ3n) is 10.0. The van der Waals surface area contributed by atoms with E-state index in [1.807, 2.05) is 0 Å². The Labute approximate surface area is 272 Å². The lowest BCUT2D eigenvalue weighted by Gasteiger charge is -2.34. The van der Waals surface area contributed by atoms with Crippen molar-refractivity contribution in [3.8, 4) is 44.5 Å². The summed E-state index contributed by atoms with van der Waals surface area (Å²) in [6.07, 6.45) is 0. The molecule has 7 aromatic carbocycles. The first kappa shape index (κ1) is 28.0. The molecule has 0 heteroatoms. The Kier molecular flexibility index (Phi) is 6.80. The van der Waals surface area contributed by atoms with Crippen LogP contribution in [0.15, 0.2) is 164 Å². The summed E-state index contributed by atoms with van der Waals surface area (Å²) in [5.74, 6) is 0. The molecular formula is C46H36. The highest BCUT2D eigenvalue weighted by molar-refractivity contribution is 5.87. The Bertz CT molecular complexity index is 2150. The van der Waals surface area contributed by atoms with Gasteiger partial charge < -0.3 is 0 Å². The summed E-state index contributed by atoms with van der Waals surface area (Å²) >= 11 is 0. The average molecular weight is 589 g/mol. The maximum Gasteiger partial charge on any atom is 0.0713 e. The van der Waals surface area contributed by atoms with Gasteiger partial charge in [0, 0.05) is 0 Å². The Morgan fingerprint density at radius 1 is 0.348 bits per heavy atom. The molecule has 0 aliphatic heterocycles. The summed E-state index contributed by atoms with van der Waals surface area (Å²) in [4.78, 5) is 0. The van der Waals surface area contributed by atoms with Crippen molar-refractivity contribution < 1.29 is 0 Å². The van der Waals surface area contributed by atoms with Crippen LogP contribution in [-0.4, -0.2) is 0 Å². The van der Waals surface area contributed by atoms with Crippen LogP contribution in [0.5, 0.6) is 0 Å². The second kappa shape index (κ2) is 11.2. The predicted molar refractivity (Wildman–Crippen MR) is 194 cm³/mol. The number of hydrogen-bond donors (Lipinski definition) is 0. The van der Waals surface area contributed by atoms with E-state index >= 15 is 0 Å². The minimum atomic E-state index is -0.378. The molecule has 1 aliphatic rings. The molecule has 0 saturated heterocycles. The van der Waals surface area contributed by atoms with Crippen molar-refractivity contribution in [2.75, 3.05) is 0 Å². The first-order valence-corrected chi connectivity index (χ1v) is 16.2. The van der Waals surface area contributed by atoms with Crippen LogP contribution in [0, 0.1) is 20.8 Å². The van der Waals surface area contributed by atoms with Gasteiger partial charge in [-0.1, -0.05) is 163 Å². The molecule has 46 heavy (non-hydrogen) atoms. The smallest absolute Gasteiger partial charge is 0.0622 e. The fourth-order valence-corrected chi connectivity index (χ4v) is 7.69. The maximum atomic E-state index is 2.36. The zero-order chi connectivity index (χ0) is 31.3. The molecule has 0 bridgehead atoms. The summed E-state index contributed by atoms with van der Waals surface area (Å²) in [7, 11) is 0. The zero-order valence-electron chi connectivity index (χ0n) is 26.6. The van der Waals surface area contributed by atoms with Gasteiger partial charge in [0.05, 0.1) is 5.41 Å². The molecule has 0 saturated carbocycles. The second-order valence-corrected chi connectivity index (χ2v) is 12.7. The third kappa shape index (κ3) is 4.37. The van der Waals surface area contributed by atoms with Gasteiger partial charge in [0.25, 0.3) is 0 Å². The first-order valence-electron chi connectivity index (χ1n) is 16.2. The van der Waals surface area contributed by atoms with Crippen LogP contribution in [0.4, 0.5) is 0 Å². The molecular weight excluding hydrogens is 553 g/mol. The highest BCUT2D eigenvalue weighted by atomic mass is 14.5. The summed E-state index contributed by atoms with van der Waals surface area (Å²) in [6, 6.07) is 60.7. The Morgan fingerprint density at radius 2 is 0.870 bits per heavy atom. The summed E-state index contributed by atoms with van der Waals surface area (Å²) < 4.78 is 0. The van der Waals surface area contributed by atoms with Crippen LogP contribution >= 0.6 is 0 Å². The van der Waals surface area contributed by atoms with Crippen molar-refractivity contribution in [3.63, 3.8) is 0 Å². The average Bonchev–Trinajstić information content (AvgIpc) is 3.41. The fraction of sp³-hybridized carbons (Fsp3) is 0.0870. The first-order chi connectivity index (χ1) is 22.6. The molecule has 0 radical (unpaired) electrons. The van der Waals surface area contributed by atoms with Crippen molar-refractivity contribution in [2.45, 2.75) is 26.2 Å². The highest BCUT2D eigenvalue weighted by Crippen LogP contribution is 2.56. The van der Waals surface area contributed by atoms with Crippen LogP contribution in [0.3, 0.4) is 0 Å². The molecule has 1 aliphatic carbocycles. The molecule has 0 spiro atoms. The van der Waals surface area contributed by atoms with Gasteiger partial charge in [0.1, 0.15) is 0 Å². The molecule has 0 atom stereocenters. The molecule has 0 unspecified atom stereocenters. The molecule has 7 aromatic rings. The second-order valence-electron chi connectivity index (χ2n) is 12.7. The largest absolute Gasteiger partial charge is 0.0713 e. The SMILES string of the molecule is Cc1ccc(-c2ccc(C)c(-c3cccc(-c4ccc(C5(c6ccccc6)c6ccccc6-c6ccccc65)cc4)c3C)c2)cc1. The summed E-state index contributed by atoms with van der Waals surface area (Å²) in [6.45, 7) is 6.62. The van der Waals surface area contributed by atoms with Gasteiger partial charge in [0.15, 0.2) is 0 Å². The Balaban J connectivity index is 1.25. The number of rotatable bonds is 5. The molecule has 0 fully saturated rings. The monoisotopic (exact) mass is 588 g/mol. The van der Waals surface area contributed by atoms with Gasteiger partial charge in [-0.05, 0) is 105 Å². The predicted octanol–water partition coefficient (Wildman–Crippen LogP) is 12.0. The molecule has 0 N–H and O–H groups in total. The normalized spacial score (nSPS) is 12.8. The molecule has 8 rings (SSSR count). The van der Waals surface area contributed by atoms with Crippen LogP contribution in [0.25, 0.3) is 44.5 Å². The van der Waals surface area contributed by atoms with E-state index in [2.05, 4.69) is 185 Å². The van der Waals surface area contributed by atoms with E-state index in [9.17, 15) is 0 Å². The molecule has 0 amide bonds. The molecule has 0 nitrogen and oxygen atoms in total.